The Bertz CT molecular complexity index is 1020. The highest BCUT2D eigenvalue weighted by Gasteiger charge is 2.59. The second-order valence-corrected chi connectivity index (χ2v) is 15.1. The number of hydrogen-bond donors (Lipinski definition) is 1. The molecule has 8 atom stereocenters. The summed E-state index contributed by atoms with van der Waals surface area (Å²) in [6, 6.07) is 10.5. The molecule has 3 heteroatoms. The Morgan fingerprint density at radius 3 is 2.55 bits per heavy atom. The van der Waals surface area contributed by atoms with Crippen LogP contribution >= 0.6 is 0 Å². The van der Waals surface area contributed by atoms with E-state index in [2.05, 4.69) is 70.3 Å². The van der Waals surface area contributed by atoms with E-state index in [4.69, 9.17) is 4.74 Å². The van der Waals surface area contributed by atoms with Gasteiger partial charge in [-0.05, 0) is 110 Å². The number of carbonyl (C=O) groups excluding carboxylic acids is 1. The van der Waals surface area contributed by atoms with Gasteiger partial charge in [0.2, 0.25) is 0 Å². The maximum absolute atomic E-state index is 12.6. The topological polar surface area (TPSA) is 38.3 Å². The van der Waals surface area contributed by atoms with E-state index >= 15 is 0 Å². The highest BCUT2D eigenvalue weighted by Crippen LogP contribution is 2.67. The van der Waals surface area contributed by atoms with Crippen molar-refractivity contribution in [3.8, 4) is 0 Å². The number of nitrogens with one attached hydrogen (secondary N) is 1. The average molecular weight is 548 g/mol. The van der Waals surface area contributed by atoms with Gasteiger partial charge in [0.1, 0.15) is 6.10 Å². The predicted octanol–water partition coefficient (Wildman–Crippen LogP) is 9.76. The van der Waals surface area contributed by atoms with Gasteiger partial charge in [0.05, 0.1) is 0 Å². The van der Waals surface area contributed by atoms with Crippen molar-refractivity contribution in [2.75, 3.05) is 6.54 Å². The van der Waals surface area contributed by atoms with E-state index < -0.39 is 0 Å². The van der Waals surface area contributed by atoms with Gasteiger partial charge < -0.3 is 10.1 Å². The summed E-state index contributed by atoms with van der Waals surface area (Å²) in [5.41, 5.74) is 3.76. The van der Waals surface area contributed by atoms with Crippen LogP contribution in [0.3, 0.4) is 0 Å². The number of ether oxygens (including phenoxy) is 1. The van der Waals surface area contributed by atoms with E-state index in [1.807, 2.05) is 6.07 Å². The third kappa shape index (κ3) is 6.19. The van der Waals surface area contributed by atoms with Crippen LogP contribution in [0.15, 0.2) is 42.0 Å². The molecular weight excluding hydrogens is 490 g/mol. The van der Waals surface area contributed by atoms with E-state index in [1.54, 1.807) is 5.57 Å². The zero-order valence-electron chi connectivity index (χ0n) is 26.2. The fourth-order valence-electron chi connectivity index (χ4n) is 10.1. The molecule has 8 unspecified atom stereocenters. The second-order valence-electron chi connectivity index (χ2n) is 15.1. The molecule has 0 aromatic heterocycles. The van der Waals surface area contributed by atoms with Crippen LogP contribution in [0, 0.1) is 46.3 Å². The van der Waals surface area contributed by atoms with Gasteiger partial charge in [-0.25, -0.2) is 4.79 Å². The smallest absolute Gasteiger partial charge is 0.407 e. The summed E-state index contributed by atoms with van der Waals surface area (Å²) in [6.07, 6.45) is 18.6. The Morgan fingerprint density at radius 1 is 0.975 bits per heavy atom. The molecule has 0 heterocycles. The Balaban J connectivity index is 1.14. The number of alkyl carbamates (subject to hydrolysis) is 1. The number of amides is 1. The molecule has 1 aromatic rings. The predicted molar refractivity (Wildman–Crippen MR) is 166 cm³/mol. The lowest BCUT2D eigenvalue weighted by Gasteiger charge is -2.58. The largest absolute Gasteiger partial charge is 0.446 e. The summed E-state index contributed by atoms with van der Waals surface area (Å²) in [4.78, 5) is 12.6. The number of fused-ring (bicyclic) bond motifs is 5. The molecular formula is C37H57NO2. The van der Waals surface area contributed by atoms with Gasteiger partial charge in [-0.15, -0.1) is 0 Å². The maximum Gasteiger partial charge on any atom is 0.407 e. The van der Waals surface area contributed by atoms with Crippen molar-refractivity contribution >= 4 is 6.09 Å². The van der Waals surface area contributed by atoms with E-state index in [-0.39, 0.29) is 12.2 Å². The Labute approximate surface area is 245 Å². The maximum atomic E-state index is 12.6. The number of benzene rings is 1. The highest BCUT2D eigenvalue weighted by molar-refractivity contribution is 5.67. The number of rotatable bonds is 10. The molecule has 3 saturated carbocycles. The first kappa shape index (κ1) is 29.7. The van der Waals surface area contributed by atoms with E-state index in [0.717, 1.165) is 61.2 Å². The van der Waals surface area contributed by atoms with Crippen molar-refractivity contribution < 1.29 is 9.53 Å². The van der Waals surface area contributed by atoms with Crippen molar-refractivity contribution in [2.24, 2.45) is 46.3 Å². The van der Waals surface area contributed by atoms with Gasteiger partial charge in [0.15, 0.2) is 0 Å². The van der Waals surface area contributed by atoms with Gasteiger partial charge in [-0.2, -0.15) is 0 Å². The second kappa shape index (κ2) is 12.6. The standard InChI is InChI=1S/C37H57NO2/c1-26(2)11-9-12-27(3)32-18-19-33-31-17-16-29-25-30(20-22-36(29,4)34(31)21-23-37(32,33)5)40-35(39)38-24-10-15-28-13-7-6-8-14-28/h6-8,13-14,16,26-27,30-34H,9-12,15,17-25H2,1-5H3,(H,38,39). The van der Waals surface area contributed by atoms with Crippen molar-refractivity contribution in [3.05, 3.63) is 47.5 Å². The highest BCUT2D eigenvalue weighted by atomic mass is 16.6. The molecule has 0 bridgehead atoms. The van der Waals surface area contributed by atoms with E-state index in [1.165, 1.54) is 63.4 Å². The minimum absolute atomic E-state index is 0.0291. The van der Waals surface area contributed by atoms with Crippen LogP contribution in [0.2, 0.25) is 0 Å². The van der Waals surface area contributed by atoms with Gasteiger partial charge in [-0.1, -0.05) is 95.9 Å². The number of allylic oxidation sites excluding steroid dienone is 1. The van der Waals surface area contributed by atoms with Crippen LogP contribution in [0.25, 0.3) is 0 Å². The van der Waals surface area contributed by atoms with Gasteiger partial charge in [-0.3, -0.25) is 0 Å². The third-order valence-electron chi connectivity index (χ3n) is 12.3. The molecule has 222 valence electrons. The van der Waals surface area contributed by atoms with Gasteiger partial charge in [0, 0.05) is 13.0 Å². The molecule has 1 aromatic carbocycles. The minimum Gasteiger partial charge on any atom is -0.446 e. The fourth-order valence-corrected chi connectivity index (χ4v) is 10.1. The van der Waals surface area contributed by atoms with E-state index in [9.17, 15) is 4.79 Å². The molecule has 4 aliphatic rings. The molecule has 3 fully saturated rings. The monoisotopic (exact) mass is 547 g/mol. The summed E-state index contributed by atoms with van der Waals surface area (Å²) in [5, 5.41) is 3.01. The Hall–Kier alpha value is -1.77. The molecule has 1 N–H and O–H groups in total. The van der Waals surface area contributed by atoms with Crippen molar-refractivity contribution in [1.82, 2.24) is 5.32 Å². The molecule has 0 saturated heterocycles. The van der Waals surface area contributed by atoms with Crippen LogP contribution in [-0.4, -0.2) is 18.7 Å². The Morgan fingerprint density at radius 2 is 1.77 bits per heavy atom. The van der Waals surface area contributed by atoms with Crippen LogP contribution < -0.4 is 5.32 Å². The van der Waals surface area contributed by atoms with Crippen LogP contribution in [0.4, 0.5) is 4.79 Å². The number of carbonyl (C=O) groups is 1. The van der Waals surface area contributed by atoms with Crippen molar-refractivity contribution in [3.63, 3.8) is 0 Å². The van der Waals surface area contributed by atoms with Crippen LogP contribution in [0.5, 0.6) is 0 Å². The molecule has 3 nitrogen and oxygen atoms in total. The minimum atomic E-state index is -0.233. The van der Waals surface area contributed by atoms with Crippen molar-refractivity contribution in [2.45, 2.75) is 124 Å². The lowest BCUT2D eigenvalue weighted by atomic mass is 9.47. The first-order valence-corrected chi connectivity index (χ1v) is 16.9. The first-order chi connectivity index (χ1) is 19.2. The van der Waals surface area contributed by atoms with Gasteiger partial charge in [0.25, 0.3) is 0 Å². The molecule has 40 heavy (non-hydrogen) atoms. The molecule has 0 spiro atoms. The molecule has 1 amide bonds. The molecule has 4 aliphatic carbocycles. The third-order valence-corrected chi connectivity index (χ3v) is 12.3. The molecule has 0 aliphatic heterocycles. The quantitative estimate of drug-likeness (QED) is 0.234. The summed E-state index contributed by atoms with van der Waals surface area (Å²) < 4.78 is 5.96. The summed E-state index contributed by atoms with van der Waals surface area (Å²) in [6.45, 7) is 13.2. The fraction of sp³-hybridized carbons (Fsp3) is 0.757. The van der Waals surface area contributed by atoms with Gasteiger partial charge >= 0.3 is 6.09 Å². The van der Waals surface area contributed by atoms with Crippen LogP contribution in [0.1, 0.15) is 117 Å². The molecule has 5 rings (SSSR count). The first-order valence-electron chi connectivity index (χ1n) is 16.9. The zero-order valence-corrected chi connectivity index (χ0v) is 26.2. The summed E-state index contributed by atoms with van der Waals surface area (Å²) in [5.74, 6) is 5.18. The summed E-state index contributed by atoms with van der Waals surface area (Å²) in [7, 11) is 0. The lowest BCUT2D eigenvalue weighted by Crippen LogP contribution is -2.51. The lowest BCUT2D eigenvalue weighted by molar-refractivity contribution is -0.0581. The zero-order chi connectivity index (χ0) is 28.3. The average Bonchev–Trinajstić information content (AvgIpc) is 3.29. The number of aryl methyl sites for hydroxylation is 1. The van der Waals surface area contributed by atoms with Crippen LogP contribution in [-0.2, 0) is 11.2 Å². The SMILES string of the molecule is CC(C)CCCC(C)C1CCC2C3CC=C4CC(OC(=O)NCCCc5ccccc5)CCC4(C)C3CCC12C. The Kier molecular flexibility index (Phi) is 9.37. The summed E-state index contributed by atoms with van der Waals surface area (Å²) >= 11 is 0. The number of hydrogen-bond acceptors (Lipinski definition) is 2. The molecule has 0 radical (unpaired) electrons. The normalized spacial score (nSPS) is 35.8. The van der Waals surface area contributed by atoms with E-state index in [0.29, 0.717) is 17.4 Å². The van der Waals surface area contributed by atoms with Crippen molar-refractivity contribution in [1.29, 1.82) is 0 Å².